The summed E-state index contributed by atoms with van der Waals surface area (Å²) in [6.07, 6.45) is 6.40. The van der Waals surface area contributed by atoms with E-state index in [4.69, 9.17) is 0 Å². The van der Waals surface area contributed by atoms with Crippen molar-refractivity contribution in [3.05, 3.63) is 138 Å². The summed E-state index contributed by atoms with van der Waals surface area (Å²) in [6, 6.07) is 33.4. The molecule has 1 atom stereocenters. The number of imidazole rings is 1. The molecule has 0 aliphatic rings. The number of aryl methyl sites for hydroxylation is 1. The molecule has 40 heavy (non-hydrogen) atoms. The number of fused-ring (bicyclic) bond motifs is 1. The van der Waals surface area contributed by atoms with Gasteiger partial charge in [-0.25, -0.2) is 9.78 Å². The number of nitrogens with zero attached hydrogens (tertiary/aromatic N) is 3. The molecule has 1 aromatic heterocycles. The van der Waals surface area contributed by atoms with E-state index in [2.05, 4.69) is 101 Å². The summed E-state index contributed by atoms with van der Waals surface area (Å²) in [5, 5.41) is 9.12. The maximum absolute atomic E-state index is 13.6. The minimum Gasteiger partial charge on any atom is -0.337 e. The quantitative estimate of drug-likeness (QED) is 0.189. The van der Waals surface area contributed by atoms with E-state index in [0.29, 0.717) is 13.1 Å². The van der Waals surface area contributed by atoms with Crippen LogP contribution in [0.25, 0.3) is 10.8 Å². The number of nitrogens with one attached hydrogen (secondary N) is 2. The predicted molar refractivity (Wildman–Crippen MR) is 162 cm³/mol. The van der Waals surface area contributed by atoms with Gasteiger partial charge in [-0.2, -0.15) is 0 Å². The SMILES string of the molecule is CC(NC(=O)N(CCCn1ccnc1)Cc1ccc(CNCc2ccccc2)cc1)c1cccc2ccccc12. The van der Waals surface area contributed by atoms with Gasteiger partial charge in [-0.3, -0.25) is 0 Å². The van der Waals surface area contributed by atoms with Crippen molar-refractivity contribution in [1.82, 2.24) is 25.1 Å². The maximum Gasteiger partial charge on any atom is 0.318 e. The van der Waals surface area contributed by atoms with Gasteiger partial charge in [0.05, 0.1) is 12.4 Å². The molecule has 0 saturated carbocycles. The molecular weight excluding hydrogens is 494 g/mol. The van der Waals surface area contributed by atoms with Crippen molar-refractivity contribution in [2.24, 2.45) is 0 Å². The number of amides is 2. The molecule has 2 N–H and O–H groups in total. The maximum atomic E-state index is 13.6. The van der Waals surface area contributed by atoms with Gasteiger partial charge in [-0.05, 0) is 46.4 Å². The van der Waals surface area contributed by atoms with Crippen LogP contribution in [0.5, 0.6) is 0 Å². The summed E-state index contributed by atoms with van der Waals surface area (Å²) in [7, 11) is 0. The molecule has 0 fully saturated rings. The molecule has 204 valence electrons. The molecule has 0 radical (unpaired) electrons. The van der Waals surface area contributed by atoms with Crippen LogP contribution in [0.15, 0.2) is 116 Å². The Balaban J connectivity index is 1.22. The highest BCUT2D eigenvalue weighted by Crippen LogP contribution is 2.24. The second-order valence-corrected chi connectivity index (χ2v) is 10.2. The van der Waals surface area contributed by atoms with Crippen molar-refractivity contribution in [3.63, 3.8) is 0 Å². The zero-order chi connectivity index (χ0) is 27.6. The average molecular weight is 532 g/mol. The third-order valence-corrected chi connectivity index (χ3v) is 7.22. The Morgan fingerprint density at radius 3 is 2.33 bits per heavy atom. The molecule has 4 aromatic carbocycles. The molecule has 6 heteroatoms. The molecule has 0 saturated heterocycles. The van der Waals surface area contributed by atoms with E-state index in [0.717, 1.165) is 37.2 Å². The van der Waals surface area contributed by atoms with Gasteiger partial charge in [-0.1, -0.05) is 97.1 Å². The topological polar surface area (TPSA) is 62.2 Å². The highest BCUT2D eigenvalue weighted by Gasteiger charge is 2.18. The Kier molecular flexibility index (Phi) is 9.22. The number of aromatic nitrogens is 2. The van der Waals surface area contributed by atoms with Crippen LogP contribution in [-0.4, -0.2) is 27.0 Å². The van der Waals surface area contributed by atoms with Gasteiger partial charge in [0, 0.05) is 45.1 Å². The van der Waals surface area contributed by atoms with Gasteiger partial charge in [-0.15, -0.1) is 0 Å². The van der Waals surface area contributed by atoms with Crippen molar-refractivity contribution in [2.45, 2.75) is 45.6 Å². The second-order valence-electron chi connectivity index (χ2n) is 10.2. The van der Waals surface area contributed by atoms with Crippen molar-refractivity contribution in [1.29, 1.82) is 0 Å². The first-order valence-corrected chi connectivity index (χ1v) is 14.0. The summed E-state index contributed by atoms with van der Waals surface area (Å²) in [4.78, 5) is 19.6. The minimum atomic E-state index is -0.118. The minimum absolute atomic E-state index is 0.0559. The van der Waals surface area contributed by atoms with Crippen molar-refractivity contribution in [2.75, 3.05) is 6.54 Å². The van der Waals surface area contributed by atoms with Gasteiger partial charge in [0.25, 0.3) is 0 Å². The Bertz CT molecular complexity index is 1480. The van der Waals surface area contributed by atoms with E-state index < -0.39 is 0 Å². The number of rotatable bonds is 12. The second kappa shape index (κ2) is 13.6. The van der Waals surface area contributed by atoms with E-state index in [1.807, 2.05) is 40.2 Å². The Hall–Kier alpha value is -4.42. The molecule has 6 nitrogen and oxygen atoms in total. The van der Waals surface area contributed by atoms with E-state index in [9.17, 15) is 4.79 Å². The third kappa shape index (κ3) is 7.36. The van der Waals surface area contributed by atoms with Crippen LogP contribution in [-0.2, 0) is 26.2 Å². The standard InChI is InChI=1S/C34H37N5O/c1-27(32-14-7-12-31-11-5-6-13-33(31)32)37-34(40)39(21-8-20-38-22-19-35-26-38)25-30-17-15-29(16-18-30)24-36-23-28-9-3-2-4-10-28/h2-7,9-19,22,26-27,36H,8,20-21,23-25H2,1H3,(H,37,40). The molecule has 0 aliphatic heterocycles. The summed E-state index contributed by atoms with van der Waals surface area (Å²) in [5.41, 5.74) is 4.73. The molecular formula is C34H37N5O. The number of urea groups is 1. The van der Waals surface area contributed by atoms with Crippen LogP contribution in [0.3, 0.4) is 0 Å². The monoisotopic (exact) mass is 531 g/mol. The molecule has 2 amide bonds. The van der Waals surface area contributed by atoms with E-state index in [1.165, 1.54) is 21.9 Å². The number of carbonyl (C=O) groups excluding carboxylic acids is 1. The van der Waals surface area contributed by atoms with Crippen LogP contribution in [0.2, 0.25) is 0 Å². The van der Waals surface area contributed by atoms with Crippen molar-refractivity contribution >= 4 is 16.8 Å². The normalized spacial score (nSPS) is 11.8. The van der Waals surface area contributed by atoms with E-state index in [1.54, 1.807) is 6.20 Å². The fraction of sp³-hybridized carbons (Fsp3) is 0.235. The number of hydrogen-bond acceptors (Lipinski definition) is 3. The van der Waals surface area contributed by atoms with E-state index >= 15 is 0 Å². The third-order valence-electron chi connectivity index (χ3n) is 7.22. The first-order valence-electron chi connectivity index (χ1n) is 14.0. The fourth-order valence-corrected chi connectivity index (χ4v) is 5.03. The van der Waals surface area contributed by atoms with Crippen molar-refractivity contribution < 1.29 is 4.79 Å². The lowest BCUT2D eigenvalue weighted by atomic mass is 10.00. The van der Waals surface area contributed by atoms with E-state index in [-0.39, 0.29) is 12.1 Å². The molecule has 0 bridgehead atoms. The highest BCUT2D eigenvalue weighted by molar-refractivity contribution is 5.86. The summed E-state index contributed by atoms with van der Waals surface area (Å²) in [5.74, 6) is 0. The van der Waals surface area contributed by atoms with Gasteiger partial charge < -0.3 is 20.1 Å². The molecule has 5 aromatic rings. The van der Waals surface area contributed by atoms with Crippen LogP contribution in [0, 0.1) is 0 Å². The lowest BCUT2D eigenvalue weighted by Crippen LogP contribution is -2.41. The molecule has 1 heterocycles. The van der Waals surface area contributed by atoms with Gasteiger partial charge in [0.1, 0.15) is 0 Å². The van der Waals surface area contributed by atoms with Crippen molar-refractivity contribution in [3.8, 4) is 0 Å². The Morgan fingerprint density at radius 1 is 0.850 bits per heavy atom. The fourth-order valence-electron chi connectivity index (χ4n) is 5.03. The highest BCUT2D eigenvalue weighted by atomic mass is 16.2. The Morgan fingerprint density at radius 2 is 1.55 bits per heavy atom. The number of hydrogen-bond donors (Lipinski definition) is 2. The number of carbonyl (C=O) groups is 1. The molecule has 0 spiro atoms. The predicted octanol–water partition coefficient (Wildman–Crippen LogP) is 6.69. The Labute approximate surface area is 236 Å². The zero-order valence-corrected chi connectivity index (χ0v) is 23.0. The van der Waals surface area contributed by atoms with Gasteiger partial charge in [0.15, 0.2) is 0 Å². The summed E-state index contributed by atoms with van der Waals surface area (Å²) in [6.45, 7) is 5.70. The first-order chi connectivity index (χ1) is 19.7. The smallest absolute Gasteiger partial charge is 0.318 e. The van der Waals surface area contributed by atoms with Crippen LogP contribution in [0.1, 0.15) is 41.6 Å². The first kappa shape index (κ1) is 27.2. The lowest BCUT2D eigenvalue weighted by molar-refractivity contribution is 0.190. The van der Waals surface area contributed by atoms with Gasteiger partial charge >= 0.3 is 6.03 Å². The zero-order valence-electron chi connectivity index (χ0n) is 23.0. The lowest BCUT2D eigenvalue weighted by Gasteiger charge is -2.26. The molecule has 0 aliphatic carbocycles. The molecule has 5 rings (SSSR count). The summed E-state index contributed by atoms with van der Waals surface area (Å²) < 4.78 is 2.05. The van der Waals surface area contributed by atoms with Crippen LogP contribution < -0.4 is 10.6 Å². The largest absolute Gasteiger partial charge is 0.337 e. The average Bonchev–Trinajstić information content (AvgIpc) is 3.51. The molecule has 1 unspecified atom stereocenters. The van der Waals surface area contributed by atoms with Crippen LogP contribution in [0.4, 0.5) is 4.79 Å². The summed E-state index contributed by atoms with van der Waals surface area (Å²) >= 11 is 0. The number of benzene rings is 4. The van der Waals surface area contributed by atoms with Crippen LogP contribution >= 0.6 is 0 Å². The van der Waals surface area contributed by atoms with Gasteiger partial charge in [0.2, 0.25) is 0 Å².